The van der Waals surface area contributed by atoms with Gasteiger partial charge in [0.2, 0.25) is 10.0 Å². The molecule has 0 atom stereocenters. The zero-order valence-electron chi connectivity index (χ0n) is 16.7. The highest BCUT2D eigenvalue weighted by Crippen LogP contribution is 2.30. The molecule has 1 heterocycles. The van der Waals surface area contributed by atoms with Crippen molar-refractivity contribution in [2.24, 2.45) is 0 Å². The highest BCUT2D eigenvalue weighted by atomic mass is 35.5. The van der Waals surface area contributed by atoms with Gasteiger partial charge in [0, 0.05) is 35.9 Å². The maximum atomic E-state index is 12.9. The lowest BCUT2D eigenvalue weighted by molar-refractivity contribution is 0.102. The number of carbonyl (C=O) groups excluding carboxylic acids is 1. The zero-order chi connectivity index (χ0) is 21.0. The lowest BCUT2D eigenvalue weighted by atomic mass is 10.1. The smallest absolute Gasteiger partial charge is 0.255 e. The Kier molecular flexibility index (Phi) is 6.82. The fraction of sp³-hybridized carbons (Fsp3) is 0.381. The Morgan fingerprint density at radius 2 is 1.90 bits per heavy atom. The van der Waals surface area contributed by atoms with Gasteiger partial charge in [-0.1, -0.05) is 24.6 Å². The summed E-state index contributed by atoms with van der Waals surface area (Å²) >= 11 is 6.13. The normalized spacial score (nSPS) is 14.2. The lowest BCUT2D eigenvalue weighted by Gasteiger charge is -2.22. The van der Waals surface area contributed by atoms with Crippen molar-refractivity contribution in [2.45, 2.75) is 38.0 Å². The highest BCUT2D eigenvalue weighted by Gasteiger charge is 2.25. The minimum atomic E-state index is -3.73. The molecule has 156 valence electrons. The van der Waals surface area contributed by atoms with Gasteiger partial charge in [0.1, 0.15) is 4.90 Å². The molecular weight excluding hydrogens is 410 g/mol. The van der Waals surface area contributed by atoms with Crippen molar-refractivity contribution in [3.05, 3.63) is 52.5 Å². The number of nitrogens with zero attached hydrogens (tertiary/aromatic N) is 1. The molecule has 0 radical (unpaired) electrons. The van der Waals surface area contributed by atoms with Gasteiger partial charge in [-0.25, -0.2) is 13.1 Å². The largest absolute Gasteiger partial charge is 0.370 e. The Hall–Kier alpha value is -2.09. The van der Waals surface area contributed by atoms with Gasteiger partial charge in [0.05, 0.1) is 5.69 Å². The van der Waals surface area contributed by atoms with E-state index >= 15 is 0 Å². The Morgan fingerprint density at radius 3 is 2.59 bits per heavy atom. The van der Waals surface area contributed by atoms with Crippen molar-refractivity contribution in [2.75, 3.05) is 29.9 Å². The van der Waals surface area contributed by atoms with Crippen molar-refractivity contribution >= 4 is 38.9 Å². The Morgan fingerprint density at radius 1 is 1.17 bits per heavy atom. The van der Waals surface area contributed by atoms with E-state index in [1.165, 1.54) is 6.07 Å². The quantitative estimate of drug-likeness (QED) is 0.683. The van der Waals surface area contributed by atoms with E-state index in [-0.39, 0.29) is 16.4 Å². The molecule has 1 saturated heterocycles. The van der Waals surface area contributed by atoms with Crippen LogP contribution in [0.2, 0.25) is 5.02 Å². The number of hydrogen-bond acceptors (Lipinski definition) is 4. The van der Waals surface area contributed by atoms with Gasteiger partial charge in [0.15, 0.2) is 0 Å². The number of benzene rings is 2. The van der Waals surface area contributed by atoms with Crippen LogP contribution in [0.25, 0.3) is 0 Å². The summed E-state index contributed by atoms with van der Waals surface area (Å²) in [4.78, 5) is 15.0. The number of rotatable bonds is 7. The Labute approximate surface area is 177 Å². The Bertz CT molecular complexity index is 1000. The summed E-state index contributed by atoms with van der Waals surface area (Å²) in [5.74, 6) is -0.379. The number of anilines is 2. The standard InChI is InChI=1S/C21H26ClN3O3S/c1-3-11-23-29(27,28)20-14-16(9-10-19(20)25-12-4-5-13-25)21(26)24-18-8-6-7-17(22)15(18)2/h6-10,14,23H,3-5,11-13H2,1-2H3,(H,24,26). The molecule has 2 aromatic carbocycles. The van der Waals surface area contributed by atoms with Crippen LogP contribution in [0, 0.1) is 6.92 Å². The first kappa shape index (κ1) is 21.6. The van der Waals surface area contributed by atoms with Crippen molar-refractivity contribution in [3.63, 3.8) is 0 Å². The topological polar surface area (TPSA) is 78.5 Å². The second-order valence-electron chi connectivity index (χ2n) is 7.14. The van der Waals surface area contributed by atoms with Crippen molar-refractivity contribution in [1.82, 2.24) is 4.72 Å². The molecular formula is C21H26ClN3O3S. The predicted octanol–water partition coefficient (Wildman–Crippen LogP) is 4.19. The third-order valence-corrected chi connectivity index (χ3v) is 6.92. The first-order chi connectivity index (χ1) is 13.8. The molecule has 0 spiro atoms. The van der Waals surface area contributed by atoms with E-state index in [1.807, 2.05) is 13.8 Å². The first-order valence-electron chi connectivity index (χ1n) is 9.78. The molecule has 2 N–H and O–H groups in total. The van der Waals surface area contributed by atoms with E-state index in [9.17, 15) is 13.2 Å². The summed E-state index contributed by atoms with van der Waals surface area (Å²) in [6, 6.07) is 10.1. The molecule has 6 nitrogen and oxygen atoms in total. The van der Waals surface area contributed by atoms with Gasteiger partial charge < -0.3 is 10.2 Å². The molecule has 0 aromatic heterocycles. The van der Waals surface area contributed by atoms with Gasteiger partial charge in [-0.15, -0.1) is 0 Å². The number of halogens is 1. The molecule has 1 aliphatic rings. The van der Waals surface area contributed by atoms with Crippen LogP contribution in [0.4, 0.5) is 11.4 Å². The fourth-order valence-corrected chi connectivity index (χ4v) is 4.90. The SMILES string of the molecule is CCCNS(=O)(=O)c1cc(C(=O)Nc2cccc(Cl)c2C)ccc1N1CCCC1. The minimum Gasteiger partial charge on any atom is -0.370 e. The molecule has 8 heteroatoms. The summed E-state index contributed by atoms with van der Waals surface area (Å²) in [6.45, 7) is 5.69. The third kappa shape index (κ3) is 4.91. The summed E-state index contributed by atoms with van der Waals surface area (Å²) < 4.78 is 28.4. The van der Waals surface area contributed by atoms with Gasteiger partial charge in [-0.3, -0.25) is 4.79 Å². The maximum absolute atomic E-state index is 12.9. The molecule has 0 aliphatic carbocycles. The van der Waals surface area contributed by atoms with Crippen molar-refractivity contribution in [1.29, 1.82) is 0 Å². The predicted molar refractivity (Wildman–Crippen MR) is 118 cm³/mol. The average molecular weight is 436 g/mol. The second kappa shape index (κ2) is 9.15. The maximum Gasteiger partial charge on any atom is 0.255 e. The first-order valence-corrected chi connectivity index (χ1v) is 11.6. The van der Waals surface area contributed by atoms with Crippen LogP contribution >= 0.6 is 11.6 Å². The molecule has 1 fully saturated rings. The van der Waals surface area contributed by atoms with E-state index in [1.54, 1.807) is 30.3 Å². The molecule has 0 bridgehead atoms. The number of carbonyl (C=O) groups is 1. The second-order valence-corrected chi connectivity index (χ2v) is 9.28. The Balaban J connectivity index is 1.96. The van der Waals surface area contributed by atoms with Gasteiger partial charge in [-0.2, -0.15) is 0 Å². The van der Waals surface area contributed by atoms with Crippen molar-refractivity contribution < 1.29 is 13.2 Å². The molecule has 29 heavy (non-hydrogen) atoms. The van der Waals surface area contributed by atoms with Gasteiger partial charge in [-0.05, 0) is 62.1 Å². The van der Waals surface area contributed by atoms with Crippen molar-refractivity contribution in [3.8, 4) is 0 Å². The minimum absolute atomic E-state index is 0.142. The number of nitrogens with one attached hydrogen (secondary N) is 2. The van der Waals surface area contributed by atoms with Crippen LogP contribution in [0.3, 0.4) is 0 Å². The summed E-state index contributed by atoms with van der Waals surface area (Å²) in [5.41, 5.74) is 2.28. The molecule has 0 unspecified atom stereocenters. The van der Waals surface area contributed by atoms with Crippen LogP contribution in [0.1, 0.15) is 42.1 Å². The fourth-order valence-electron chi connectivity index (χ4n) is 3.34. The van der Waals surface area contributed by atoms with Crippen LogP contribution in [0.5, 0.6) is 0 Å². The number of hydrogen-bond donors (Lipinski definition) is 2. The van der Waals surface area contributed by atoms with Crippen LogP contribution in [-0.2, 0) is 10.0 Å². The highest BCUT2D eigenvalue weighted by molar-refractivity contribution is 7.89. The molecule has 2 aromatic rings. The van der Waals surface area contributed by atoms with Gasteiger partial charge in [0.25, 0.3) is 5.91 Å². The molecule has 1 aliphatic heterocycles. The van der Waals surface area contributed by atoms with E-state index in [4.69, 9.17) is 11.6 Å². The summed E-state index contributed by atoms with van der Waals surface area (Å²) in [6.07, 6.45) is 2.74. The molecule has 0 saturated carbocycles. The third-order valence-electron chi connectivity index (χ3n) is 5.02. The van der Waals surface area contributed by atoms with E-state index in [2.05, 4.69) is 14.9 Å². The van der Waals surface area contributed by atoms with E-state index < -0.39 is 10.0 Å². The summed E-state index contributed by atoms with van der Waals surface area (Å²) in [5, 5.41) is 3.38. The van der Waals surface area contributed by atoms with E-state index in [0.717, 1.165) is 31.5 Å². The zero-order valence-corrected chi connectivity index (χ0v) is 18.2. The average Bonchev–Trinajstić information content (AvgIpc) is 3.24. The number of amides is 1. The van der Waals surface area contributed by atoms with Gasteiger partial charge >= 0.3 is 0 Å². The monoisotopic (exact) mass is 435 g/mol. The lowest BCUT2D eigenvalue weighted by Crippen LogP contribution is -2.28. The van der Waals surface area contributed by atoms with E-state index in [0.29, 0.717) is 29.4 Å². The number of sulfonamides is 1. The molecule has 3 rings (SSSR count). The van der Waals surface area contributed by atoms with Crippen LogP contribution < -0.4 is 14.9 Å². The van der Waals surface area contributed by atoms with Crippen LogP contribution in [0.15, 0.2) is 41.3 Å². The van der Waals surface area contributed by atoms with Crippen LogP contribution in [-0.4, -0.2) is 34.0 Å². The molecule has 1 amide bonds. The summed E-state index contributed by atoms with van der Waals surface area (Å²) in [7, 11) is -3.73.